The van der Waals surface area contributed by atoms with Crippen LogP contribution in [-0.4, -0.2) is 25.2 Å². The second-order valence-electron chi connectivity index (χ2n) is 6.07. The first-order chi connectivity index (χ1) is 11.5. The molecule has 0 atom stereocenters. The summed E-state index contributed by atoms with van der Waals surface area (Å²) < 4.78 is 3.88. The Morgan fingerprint density at radius 1 is 1.25 bits per heavy atom. The van der Waals surface area contributed by atoms with Crippen molar-refractivity contribution in [1.82, 2.24) is 19.3 Å². The van der Waals surface area contributed by atoms with E-state index in [-0.39, 0.29) is 5.91 Å². The molecule has 1 N–H and O–H groups in total. The maximum atomic E-state index is 12.5. The van der Waals surface area contributed by atoms with Crippen molar-refractivity contribution in [2.45, 2.75) is 40.2 Å². The summed E-state index contributed by atoms with van der Waals surface area (Å²) in [6.45, 7) is 6.85. The van der Waals surface area contributed by atoms with Gasteiger partial charge >= 0.3 is 0 Å². The number of carbonyl (C=O) groups excluding carboxylic acids is 1. The number of para-hydroxylation sites is 2. The average Bonchev–Trinajstić information content (AvgIpc) is 3.00. The fourth-order valence-corrected chi connectivity index (χ4v) is 3.02. The predicted molar refractivity (Wildman–Crippen MR) is 95.0 cm³/mol. The molecular formula is C18H23N5O. The first-order valence-corrected chi connectivity index (χ1v) is 8.25. The van der Waals surface area contributed by atoms with Crippen LogP contribution in [0.5, 0.6) is 0 Å². The molecule has 0 aliphatic rings. The number of benzene rings is 1. The molecule has 2 heterocycles. The van der Waals surface area contributed by atoms with Gasteiger partial charge in [-0.05, 0) is 32.4 Å². The van der Waals surface area contributed by atoms with E-state index in [0.717, 1.165) is 41.0 Å². The largest absolute Gasteiger partial charge is 0.310 e. The molecule has 24 heavy (non-hydrogen) atoms. The van der Waals surface area contributed by atoms with Crippen molar-refractivity contribution in [1.29, 1.82) is 0 Å². The number of aromatic nitrogens is 4. The molecule has 3 rings (SSSR count). The number of imidazole rings is 1. The molecule has 0 radical (unpaired) electrons. The van der Waals surface area contributed by atoms with Gasteiger partial charge in [0.1, 0.15) is 0 Å². The molecule has 1 aromatic carbocycles. The minimum atomic E-state index is -0.0677. The van der Waals surface area contributed by atoms with Gasteiger partial charge in [0, 0.05) is 24.8 Å². The highest BCUT2D eigenvalue weighted by atomic mass is 16.1. The fraction of sp³-hybridized carbons (Fsp3) is 0.389. The molecule has 0 spiro atoms. The molecule has 3 aromatic rings. The molecule has 0 bridgehead atoms. The van der Waals surface area contributed by atoms with E-state index >= 15 is 0 Å². The number of nitrogens with one attached hydrogen (secondary N) is 1. The van der Waals surface area contributed by atoms with Crippen LogP contribution in [0.1, 0.15) is 30.3 Å². The predicted octanol–water partition coefficient (Wildman–Crippen LogP) is 2.98. The highest BCUT2D eigenvalue weighted by Crippen LogP contribution is 2.20. The summed E-state index contributed by atoms with van der Waals surface area (Å²) in [6.07, 6.45) is 1.28. The smallest absolute Gasteiger partial charge is 0.231 e. The standard InChI is InChI=1S/C18H23N5O/c1-5-10-23-16-9-7-6-8-15(16)19-18(23)20-17(24)11-14-12(2)21-22(4)13(14)3/h6-9H,5,10-11H2,1-4H3,(H,19,20,24). The molecule has 6 heteroatoms. The van der Waals surface area contributed by atoms with Crippen LogP contribution in [0.2, 0.25) is 0 Å². The summed E-state index contributed by atoms with van der Waals surface area (Å²) in [5.74, 6) is 0.545. The zero-order valence-electron chi connectivity index (χ0n) is 14.6. The number of fused-ring (bicyclic) bond motifs is 1. The van der Waals surface area contributed by atoms with E-state index in [4.69, 9.17) is 0 Å². The van der Waals surface area contributed by atoms with Gasteiger partial charge in [-0.3, -0.25) is 14.8 Å². The second-order valence-corrected chi connectivity index (χ2v) is 6.07. The number of rotatable bonds is 5. The molecule has 0 saturated heterocycles. The van der Waals surface area contributed by atoms with Crippen LogP contribution >= 0.6 is 0 Å². The van der Waals surface area contributed by atoms with Crippen molar-refractivity contribution in [3.05, 3.63) is 41.2 Å². The van der Waals surface area contributed by atoms with Crippen molar-refractivity contribution in [2.24, 2.45) is 7.05 Å². The Labute approximate surface area is 141 Å². The number of hydrogen-bond donors (Lipinski definition) is 1. The highest BCUT2D eigenvalue weighted by Gasteiger charge is 2.16. The molecule has 0 saturated carbocycles. The summed E-state index contributed by atoms with van der Waals surface area (Å²) in [5, 5.41) is 7.34. The SMILES string of the molecule is CCCn1c(NC(=O)Cc2c(C)nn(C)c2C)nc2ccccc21. The van der Waals surface area contributed by atoms with E-state index < -0.39 is 0 Å². The van der Waals surface area contributed by atoms with Crippen LogP contribution in [0.4, 0.5) is 5.95 Å². The third kappa shape index (κ3) is 2.91. The Morgan fingerprint density at radius 3 is 2.67 bits per heavy atom. The van der Waals surface area contributed by atoms with E-state index in [1.165, 1.54) is 0 Å². The molecular weight excluding hydrogens is 302 g/mol. The van der Waals surface area contributed by atoms with Crippen molar-refractivity contribution in [3.63, 3.8) is 0 Å². The van der Waals surface area contributed by atoms with Gasteiger partial charge in [-0.2, -0.15) is 5.10 Å². The molecule has 0 unspecified atom stereocenters. The number of aryl methyl sites for hydroxylation is 3. The summed E-state index contributed by atoms with van der Waals surface area (Å²) in [6, 6.07) is 7.94. The van der Waals surface area contributed by atoms with Gasteiger partial charge < -0.3 is 4.57 Å². The highest BCUT2D eigenvalue weighted by molar-refractivity contribution is 5.93. The van der Waals surface area contributed by atoms with Crippen LogP contribution in [0.3, 0.4) is 0 Å². The van der Waals surface area contributed by atoms with Crippen LogP contribution in [-0.2, 0) is 24.8 Å². The van der Waals surface area contributed by atoms with Gasteiger partial charge in [0.15, 0.2) is 0 Å². The third-order valence-electron chi connectivity index (χ3n) is 4.35. The van der Waals surface area contributed by atoms with Gasteiger partial charge in [0.2, 0.25) is 11.9 Å². The molecule has 0 fully saturated rings. The van der Waals surface area contributed by atoms with Crippen LogP contribution in [0.15, 0.2) is 24.3 Å². The Bertz CT molecular complexity index is 890. The van der Waals surface area contributed by atoms with Crippen molar-refractivity contribution in [2.75, 3.05) is 5.32 Å². The van der Waals surface area contributed by atoms with Gasteiger partial charge in [-0.25, -0.2) is 4.98 Å². The van der Waals surface area contributed by atoms with Gasteiger partial charge in [0.05, 0.1) is 23.1 Å². The lowest BCUT2D eigenvalue weighted by atomic mass is 10.1. The quantitative estimate of drug-likeness (QED) is 0.784. The maximum Gasteiger partial charge on any atom is 0.231 e. The summed E-state index contributed by atoms with van der Waals surface area (Å²) >= 11 is 0. The van der Waals surface area contributed by atoms with Crippen LogP contribution in [0, 0.1) is 13.8 Å². The van der Waals surface area contributed by atoms with Crippen molar-refractivity contribution >= 4 is 22.9 Å². The number of anilines is 1. The lowest BCUT2D eigenvalue weighted by Gasteiger charge is -2.09. The zero-order chi connectivity index (χ0) is 17.3. The summed E-state index contributed by atoms with van der Waals surface area (Å²) in [4.78, 5) is 17.1. The van der Waals surface area contributed by atoms with E-state index in [0.29, 0.717) is 12.4 Å². The second kappa shape index (κ2) is 6.47. The first kappa shape index (κ1) is 16.2. The molecule has 0 aliphatic carbocycles. The number of carbonyl (C=O) groups is 1. The fourth-order valence-electron chi connectivity index (χ4n) is 3.02. The number of amides is 1. The zero-order valence-corrected chi connectivity index (χ0v) is 14.6. The third-order valence-corrected chi connectivity index (χ3v) is 4.35. The van der Waals surface area contributed by atoms with Gasteiger partial charge in [-0.1, -0.05) is 19.1 Å². The van der Waals surface area contributed by atoms with Crippen LogP contribution < -0.4 is 5.32 Å². The van der Waals surface area contributed by atoms with Gasteiger partial charge in [0.25, 0.3) is 0 Å². The van der Waals surface area contributed by atoms with Crippen molar-refractivity contribution in [3.8, 4) is 0 Å². The summed E-state index contributed by atoms with van der Waals surface area (Å²) in [7, 11) is 1.89. The van der Waals surface area contributed by atoms with Crippen molar-refractivity contribution < 1.29 is 4.79 Å². The lowest BCUT2D eigenvalue weighted by molar-refractivity contribution is -0.115. The monoisotopic (exact) mass is 325 g/mol. The maximum absolute atomic E-state index is 12.5. The molecule has 126 valence electrons. The lowest BCUT2D eigenvalue weighted by Crippen LogP contribution is -2.18. The van der Waals surface area contributed by atoms with Crippen LogP contribution in [0.25, 0.3) is 11.0 Å². The van der Waals surface area contributed by atoms with E-state index in [2.05, 4.69) is 26.9 Å². The minimum absolute atomic E-state index is 0.0677. The van der Waals surface area contributed by atoms with E-state index in [1.807, 2.05) is 49.8 Å². The van der Waals surface area contributed by atoms with E-state index in [9.17, 15) is 4.79 Å². The Kier molecular flexibility index (Phi) is 4.38. The average molecular weight is 325 g/mol. The molecule has 1 amide bonds. The molecule has 0 aliphatic heterocycles. The first-order valence-electron chi connectivity index (χ1n) is 8.25. The normalized spacial score (nSPS) is 11.2. The summed E-state index contributed by atoms with van der Waals surface area (Å²) in [5.41, 5.74) is 4.84. The Hall–Kier alpha value is -2.63. The number of nitrogens with zero attached hydrogens (tertiary/aromatic N) is 4. The minimum Gasteiger partial charge on any atom is -0.310 e. The van der Waals surface area contributed by atoms with Gasteiger partial charge in [-0.15, -0.1) is 0 Å². The van der Waals surface area contributed by atoms with E-state index in [1.54, 1.807) is 0 Å². The molecule has 2 aromatic heterocycles. The Morgan fingerprint density at radius 2 is 2.00 bits per heavy atom. The number of hydrogen-bond acceptors (Lipinski definition) is 3. The molecule has 6 nitrogen and oxygen atoms in total. The Balaban J connectivity index is 1.86. The topological polar surface area (TPSA) is 64.7 Å².